The van der Waals surface area contributed by atoms with Crippen molar-refractivity contribution in [2.75, 3.05) is 36.5 Å². The standard InChI is InChI=1S/C23H25N3O5/c1-4-25(5-2)23(30)17-9-10-20-19(12-17)26(22(29)14-31-20)13-21(28)24-18-8-6-7-16(11-18)15(3)27/h6-12H,4-5,13-14H2,1-3H3,(H,24,28). The molecule has 1 aliphatic rings. The highest BCUT2D eigenvalue weighted by Gasteiger charge is 2.29. The van der Waals surface area contributed by atoms with Crippen LogP contribution in [-0.2, 0) is 9.59 Å². The predicted octanol–water partition coefficient (Wildman–Crippen LogP) is 2.74. The van der Waals surface area contributed by atoms with Gasteiger partial charge in [-0.3, -0.25) is 24.1 Å². The Hall–Kier alpha value is -3.68. The monoisotopic (exact) mass is 423 g/mol. The molecule has 0 unspecified atom stereocenters. The number of benzene rings is 2. The van der Waals surface area contributed by atoms with E-state index in [2.05, 4.69) is 5.32 Å². The number of carbonyl (C=O) groups excluding carboxylic acids is 4. The number of hydrogen-bond donors (Lipinski definition) is 1. The number of fused-ring (bicyclic) bond motifs is 1. The van der Waals surface area contributed by atoms with Crippen LogP contribution in [0, 0.1) is 0 Å². The van der Waals surface area contributed by atoms with E-state index in [-0.39, 0.29) is 30.7 Å². The molecule has 0 aliphatic carbocycles. The molecule has 0 saturated heterocycles. The summed E-state index contributed by atoms with van der Waals surface area (Å²) >= 11 is 0. The van der Waals surface area contributed by atoms with Crippen molar-refractivity contribution in [3.63, 3.8) is 0 Å². The Morgan fingerprint density at radius 1 is 1.06 bits per heavy atom. The lowest BCUT2D eigenvalue weighted by Gasteiger charge is -2.29. The van der Waals surface area contributed by atoms with Gasteiger partial charge in [0, 0.05) is 29.9 Å². The number of ether oxygens (including phenoxy) is 1. The van der Waals surface area contributed by atoms with Gasteiger partial charge in [-0.1, -0.05) is 12.1 Å². The number of amides is 3. The van der Waals surface area contributed by atoms with Crippen molar-refractivity contribution in [3.05, 3.63) is 53.6 Å². The smallest absolute Gasteiger partial charge is 0.265 e. The summed E-state index contributed by atoms with van der Waals surface area (Å²) in [5.74, 6) is -0.646. The lowest BCUT2D eigenvalue weighted by molar-refractivity contribution is -0.123. The van der Waals surface area contributed by atoms with E-state index < -0.39 is 5.91 Å². The molecule has 0 fully saturated rings. The molecule has 0 saturated carbocycles. The molecule has 1 aliphatic heterocycles. The van der Waals surface area contributed by atoms with Gasteiger partial charge in [0.2, 0.25) is 5.91 Å². The van der Waals surface area contributed by atoms with Crippen molar-refractivity contribution in [2.45, 2.75) is 20.8 Å². The summed E-state index contributed by atoms with van der Waals surface area (Å²) in [5.41, 5.74) is 1.73. The fourth-order valence-electron chi connectivity index (χ4n) is 3.36. The fourth-order valence-corrected chi connectivity index (χ4v) is 3.36. The van der Waals surface area contributed by atoms with Crippen LogP contribution in [0.15, 0.2) is 42.5 Å². The van der Waals surface area contributed by atoms with Crippen LogP contribution in [0.4, 0.5) is 11.4 Å². The van der Waals surface area contributed by atoms with Crippen molar-refractivity contribution in [1.29, 1.82) is 0 Å². The molecule has 0 aromatic heterocycles. The Bertz CT molecular complexity index is 1030. The molecule has 1 N–H and O–H groups in total. The lowest BCUT2D eigenvalue weighted by Crippen LogP contribution is -2.43. The minimum atomic E-state index is -0.428. The Morgan fingerprint density at radius 3 is 2.48 bits per heavy atom. The number of carbonyl (C=O) groups is 4. The molecule has 3 amide bonds. The summed E-state index contributed by atoms with van der Waals surface area (Å²) < 4.78 is 5.47. The maximum Gasteiger partial charge on any atom is 0.265 e. The largest absolute Gasteiger partial charge is 0.482 e. The van der Waals surface area contributed by atoms with Gasteiger partial charge in [-0.2, -0.15) is 0 Å². The zero-order valence-electron chi connectivity index (χ0n) is 17.8. The molecule has 1 heterocycles. The van der Waals surface area contributed by atoms with E-state index in [4.69, 9.17) is 4.74 Å². The molecule has 0 radical (unpaired) electrons. The van der Waals surface area contributed by atoms with Crippen molar-refractivity contribution in [3.8, 4) is 5.75 Å². The topological polar surface area (TPSA) is 96.0 Å². The highest BCUT2D eigenvalue weighted by atomic mass is 16.5. The van der Waals surface area contributed by atoms with Crippen LogP contribution in [0.5, 0.6) is 5.75 Å². The molecule has 31 heavy (non-hydrogen) atoms. The van der Waals surface area contributed by atoms with E-state index in [1.807, 2.05) is 13.8 Å². The second kappa shape index (κ2) is 9.42. The Kier molecular flexibility index (Phi) is 6.69. The molecular weight excluding hydrogens is 398 g/mol. The second-order valence-corrected chi connectivity index (χ2v) is 7.11. The third-order valence-electron chi connectivity index (χ3n) is 5.05. The van der Waals surface area contributed by atoms with E-state index in [9.17, 15) is 19.2 Å². The van der Waals surface area contributed by atoms with Crippen LogP contribution >= 0.6 is 0 Å². The Morgan fingerprint density at radius 2 is 1.81 bits per heavy atom. The predicted molar refractivity (Wildman–Crippen MR) is 117 cm³/mol. The molecule has 8 heteroatoms. The first-order valence-corrected chi connectivity index (χ1v) is 10.1. The van der Waals surface area contributed by atoms with Gasteiger partial charge in [0.1, 0.15) is 12.3 Å². The van der Waals surface area contributed by atoms with Gasteiger partial charge in [0.25, 0.3) is 11.8 Å². The third-order valence-corrected chi connectivity index (χ3v) is 5.05. The maximum atomic E-state index is 12.7. The summed E-state index contributed by atoms with van der Waals surface area (Å²) in [6.07, 6.45) is 0. The van der Waals surface area contributed by atoms with Crippen LogP contribution in [0.3, 0.4) is 0 Å². The summed E-state index contributed by atoms with van der Waals surface area (Å²) in [5, 5.41) is 2.71. The average molecular weight is 423 g/mol. The number of rotatable bonds is 7. The fraction of sp³-hybridized carbons (Fsp3) is 0.304. The number of nitrogens with one attached hydrogen (secondary N) is 1. The average Bonchev–Trinajstić information content (AvgIpc) is 2.76. The minimum absolute atomic E-state index is 0.112. The van der Waals surface area contributed by atoms with Gasteiger partial charge in [0.15, 0.2) is 12.4 Å². The van der Waals surface area contributed by atoms with Crippen LogP contribution in [0.25, 0.3) is 0 Å². The van der Waals surface area contributed by atoms with Crippen LogP contribution in [-0.4, -0.2) is 54.6 Å². The molecule has 2 aromatic carbocycles. The zero-order chi connectivity index (χ0) is 22.5. The first-order valence-electron chi connectivity index (χ1n) is 10.1. The Labute approximate surface area is 180 Å². The van der Waals surface area contributed by atoms with Gasteiger partial charge in [-0.15, -0.1) is 0 Å². The summed E-state index contributed by atoms with van der Waals surface area (Å²) in [4.78, 5) is 52.4. The summed E-state index contributed by atoms with van der Waals surface area (Å²) in [6.45, 7) is 5.92. The number of anilines is 2. The first kappa shape index (κ1) is 22.0. The third kappa shape index (κ3) is 4.91. The van der Waals surface area contributed by atoms with Crippen molar-refractivity contribution >= 4 is 34.9 Å². The van der Waals surface area contributed by atoms with Crippen LogP contribution in [0.1, 0.15) is 41.5 Å². The highest BCUT2D eigenvalue weighted by molar-refractivity contribution is 6.06. The second-order valence-electron chi connectivity index (χ2n) is 7.11. The van der Waals surface area contributed by atoms with Crippen molar-refractivity contribution in [1.82, 2.24) is 4.90 Å². The SMILES string of the molecule is CCN(CC)C(=O)c1ccc2c(c1)N(CC(=O)Nc1cccc(C(C)=O)c1)C(=O)CO2. The highest BCUT2D eigenvalue weighted by Crippen LogP contribution is 2.33. The molecule has 0 bridgehead atoms. The minimum Gasteiger partial charge on any atom is -0.482 e. The lowest BCUT2D eigenvalue weighted by atomic mass is 10.1. The maximum absolute atomic E-state index is 12.7. The van der Waals surface area contributed by atoms with Crippen LogP contribution in [0.2, 0.25) is 0 Å². The molecule has 0 atom stereocenters. The van der Waals surface area contributed by atoms with E-state index >= 15 is 0 Å². The van der Waals surface area contributed by atoms with E-state index in [1.165, 1.54) is 11.8 Å². The van der Waals surface area contributed by atoms with Gasteiger partial charge in [0.05, 0.1) is 5.69 Å². The summed E-state index contributed by atoms with van der Waals surface area (Å²) in [6, 6.07) is 11.5. The summed E-state index contributed by atoms with van der Waals surface area (Å²) in [7, 11) is 0. The van der Waals surface area contributed by atoms with E-state index in [0.717, 1.165) is 0 Å². The first-order chi connectivity index (χ1) is 14.8. The molecular formula is C23H25N3O5. The van der Waals surface area contributed by atoms with Crippen molar-refractivity contribution < 1.29 is 23.9 Å². The van der Waals surface area contributed by atoms with E-state index in [1.54, 1.807) is 47.4 Å². The zero-order valence-corrected chi connectivity index (χ0v) is 17.8. The number of ketones is 1. The quantitative estimate of drug-likeness (QED) is 0.691. The number of Topliss-reactive ketones (excluding diaryl/α,β-unsaturated/α-hetero) is 1. The molecule has 3 rings (SSSR count). The molecule has 162 valence electrons. The van der Waals surface area contributed by atoms with Gasteiger partial charge < -0.3 is 15.0 Å². The molecule has 0 spiro atoms. The normalized spacial score (nSPS) is 12.6. The molecule has 8 nitrogen and oxygen atoms in total. The number of hydrogen-bond acceptors (Lipinski definition) is 5. The Balaban J connectivity index is 1.82. The van der Waals surface area contributed by atoms with Gasteiger partial charge in [-0.25, -0.2) is 0 Å². The van der Waals surface area contributed by atoms with Crippen LogP contribution < -0.4 is 15.0 Å². The molecule has 2 aromatic rings. The van der Waals surface area contributed by atoms with Gasteiger partial charge >= 0.3 is 0 Å². The number of nitrogens with zero attached hydrogens (tertiary/aromatic N) is 2. The van der Waals surface area contributed by atoms with Crippen molar-refractivity contribution in [2.24, 2.45) is 0 Å². The van der Waals surface area contributed by atoms with E-state index in [0.29, 0.717) is 41.3 Å². The van der Waals surface area contributed by atoms with Gasteiger partial charge in [-0.05, 0) is 51.1 Å².